The Morgan fingerprint density at radius 3 is 2.53 bits per heavy atom. The van der Waals surface area contributed by atoms with E-state index in [1.165, 1.54) is 4.90 Å². The van der Waals surface area contributed by atoms with Gasteiger partial charge in [-0.1, -0.05) is 20.3 Å². The molecule has 1 amide bonds. The number of halogens is 2. The third-order valence-electron chi connectivity index (χ3n) is 3.96. The summed E-state index contributed by atoms with van der Waals surface area (Å²) in [6.45, 7) is 6.87. The molecule has 1 heterocycles. The van der Waals surface area contributed by atoms with Crippen LogP contribution < -0.4 is 0 Å². The summed E-state index contributed by atoms with van der Waals surface area (Å²) in [5, 5.41) is 9.84. The van der Waals surface area contributed by atoms with Crippen LogP contribution in [0.5, 0.6) is 0 Å². The lowest BCUT2D eigenvalue weighted by Crippen LogP contribution is -2.55. The van der Waals surface area contributed by atoms with E-state index >= 15 is 0 Å². The molecule has 19 heavy (non-hydrogen) atoms. The lowest BCUT2D eigenvalue weighted by atomic mass is 9.81. The number of hydrogen-bond acceptors (Lipinski definition) is 2. The van der Waals surface area contributed by atoms with Crippen molar-refractivity contribution in [2.75, 3.05) is 6.54 Å². The van der Waals surface area contributed by atoms with E-state index in [9.17, 15) is 18.7 Å². The molecule has 5 heteroatoms. The fraction of sp³-hybridized carbons (Fsp3) is 0.929. The number of aliphatic hydroxyl groups is 1. The Balaban J connectivity index is 2.87. The molecule has 112 valence electrons. The number of amides is 1. The third kappa shape index (κ3) is 4.41. The van der Waals surface area contributed by atoms with Crippen molar-refractivity contribution in [3.63, 3.8) is 0 Å². The fourth-order valence-corrected chi connectivity index (χ4v) is 3.11. The Bertz CT molecular complexity index is 315. The van der Waals surface area contributed by atoms with Crippen LogP contribution in [0.2, 0.25) is 0 Å². The summed E-state index contributed by atoms with van der Waals surface area (Å²) < 4.78 is 26.0. The average Bonchev–Trinajstić information content (AvgIpc) is 2.24. The van der Waals surface area contributed by atoms with Crippen LogP contribution in [0.1, 0.15) is 47.0 Å². The number of hydrogen-bond donors (Lipinski definition) is 1. The first kappa shape index (κ1) is 16.3. The molecule has 1 aliphatic heterocycles. The van der Waals surface area contributed by atoms with Gasteiger partial charge in [0.05, 0.1) is 18.6 Å². The van der Waals surface area contributed by atoms with Crippen molar-refractivity contribution in [1.29, 1.82) is 0 Å². The van der Waals surface area contributed by atoms with Crippen molar-refractivity contribution in [1.82, 2.24) is 4.90 Å². The van der Waals surface area contributed by atoms with Gasteiger partial charge >= 0.3 is 0 Å². The molecular formula is C14H25F2NO2. The Labute approximate surface area is 114 Å². The second-order valence-electron chi connectivity index (χ2n) is 6.01. The smallest absolute Gasteiger partial charge is 0.254 e. The highest BCUT2D eigenvalue weighted by Gasteiger charge is 2.40. The van der Waals surface area contributed by atoms with Crippen molar-refractivity contribution < 1.29 is 18.7 Å². The summed E-state index contributed by atoms with van der Waals surface area (Å²) in [5.74, 6) is -3.08. The number of carbonyl (C=O) groups excluding carboxylic acids is 1. The molecule has 4 atom stereocenters. The van der Waals surface area contributed by atoms with Gasteiger partial charge in [-0.3, -0.25) is 4.79 Å². The molecule has 0 bridgehead atoms. The molecule has 1 N–H and O–H groups in total. The number of likely N-dealkylation sites (tertiary alicyclic amines) is 1. The average molecular weight is 277 g/mol. The number of rotatable bonds is 4. The van der Waals surface area contributed by atoms with Crippen LogP contribution in [0.4, 0.5) is 8.78 Å². The molecular weight excluding hydrogens is 252 g/mol. The van der Waals surface area contributed by atoms with Gasteiger partial charge in [-0.25, -0.2) is 8.78 Å². The SMILES string of the molecule is CCC1CC(C)C(C(C)O)N(C(=O)CC(C)(F)F)C1. The van der Waals surface area contributed by atoms with Crippen LogP contribution in [-0.2, 0) is 4.79 Å². The van der Waals surface area contributed by atoms with E-state index in [0.717, 1.165) is 19.8 Å². The van der Waals surface area contributed by atoms with Crippen LogP contribution in [0.25, 0.3) is 0 Å². The van der Waals surface area contributed by atoms with Crippen molar-refractivity contribution >= 4 is 5.91 Å². The molecule has 0 spiro atoms. The quantitative estimate of drug-likeness (QED) is 0.858. The molecule has 1 saturated heterocycles. The Kier molecular flexibility index (Phi) is 5.30. The van der Waals surface area contributed by atoms with Crippen molar-refractivity contribution in [3.05, 3.63) is 0 Å². The first-order valence-corrected chi connectivity index (χ1v) is 7.01. The van der Waals surface area contributed by atoms with Crippen molar-refractivity contribution in [2.24, 2.45) is 11.8 Å². The van der Waals surface area contributed by atoms with Crippen molar-refractivity contribution in [2.45, 2.75) is 65.0 Å². The number of piperidine rings is 1. The second kappa shape index (κ2) is 6.16. The maximum Gasteiger partial charge on any atom is 0.254 e. The molecule has 0 aromatic rings. The van der Waals surface area contributed by atoms with E-state index in [2.05, 4.69) is 0 Å². The van der Waals surface area contributed by atoms with E-state index < -0.39 is 24.4 Å². The Hall–Kier alpha value is -0.710. The minimum atomic E-state index is -3.00. The fourth-order valence-electron chi connectivity index (χ4n) is 3.11. The van der Waals surface area contributed by atoms with Gasteiger partial charge in [0, 0.05) is 6.54 Å². The van der Waals surface area contributed by atoms with Gasteiger partial charge in [-0.05, 0) is 32.1 Å². The summed E-state index contributed by atoms with van der Waals surface area (Å²) in [6, 6.07) is -0.349. The summed E-state index contributed by atoms with van der Waals surface area (Å²) >= 11 is 0. The standard InChI is InChI=1S/C14H25F2NO2/c1-5-11-6-9(2)13(10(3)18)17(8-11)12(19)7-14(4,15)16/h9-11,13,18H,5-8H2,1-4H3. The summed E-state index contributed by atoms with van der Waals surface area (Å²) in [5.41, 5.74) is 0. The first-order valence-electron chi connectivity index (χ1n) is 7.01. The molecule has 1 fully saturated rings. The molecule has 0 saturated carbocycles. The normalized spacial score (nSPS) is 30.3. The van der Waals surface area contributed by atoms with Crippen LogP contribution >= 0.6 is 0 Å². The van der Waals surface area contributed by atoms with Gasteiger partial charge in [0.25, 0.3) is 5.92 Å². The Morgan fingerprint density at radius 2 is 2.11 bits per heavy atom. The predicted molar refractivity (Wildman–Crippen MR) is 70.0 cm³/mol. The van der Waals surface area contributed by atoms with E-state index in [1.54, 1.807) is 6.92 Å². The largest absolute Gasteiger partial charge is 0.391 e. The van der Waals surface area contributed by atoms with E-state index in [0.29, 0.717) is 12.5 Å². The first-order chi connectivity index (χ1) is 8.65. The molecule has 0 aromatic carbocycles. The van der Waals surface area contributed by atoms with Crippen LogP contribution in [0.3, 0.4) is 0 Å². The zero-order valence-corrected chi connectivity index (χ0v) is 12.2. The predicted octanol–water partition coefficient (Wildman–Crippen LogP) is 2.68. The monoisotopic (exact) mass is 277 g/mol. The molecule has 1 aliphatic rings. The summed E-state index contributed by atoms with van der Waals surface area (Å²) in [4.78, 5) is 13.5. The minimum absolute atomic E-state index is 0.133. The van der Waals surface area contributed by atoms with Gasteiger partial charge in [0.2, 0.25) is 5.91 Å². The van der Waals surface area contributed by atoms with Crippen LogP contribution in [0.15, 0.2) is 0 Å². The number of carbonyl (C=O) groups is 1. The third-order valence-corrected chi connectivity index (χ3v) is 3.96. The molecule has 4 unspecified atom stereocenters. The summed E-state index contributed by atoms with van der Waals surface area (Å²) in [7, 11) is 0. The Morgan fingerprint density at radius 1 is 1.53 bits per heavy atom. The highest BCUT2D eigenvalue weighted by molar-refractivity contribution is 5.77. The van der Waals surface area contributed by atoms with Gasteiger partial charge in [0.15, 0.2) is 0 Å². The van der Waals surface area contributed by atoms with E-state index in [4.69, 9.17) is 0 Å². The molecule has 0 radical (unpaired) electrons. The maximum absolute atomic E-state index is 13.0. The van der Waals surface area contributed by atoms with Gasteiger partial charge in [0.1, 0.15) is 0 Å². The zero-order chi connectivity index (χ0) is 14.8. The maximum atomic E-state index is 13.0. The molecule has 0 aliphatic carbocycles. The summed E-state index contributed by atoms with van der Waals surface area (Å²) in [6.07, 6.45) is 0.378. The number of alkyl halides is 2. The van der Waals surface area contributed by atoms with Crippen LogP contribution in [-0.4, -0.2) is 40.5 Å². The highest BCUT2D eigenvalue weighted by atomic mass is 19.3. The molecule has 1 rings (SSSR count). The highest BCUT2D eigenvalue weighted by Crippen LogP contribution is 2.32. The minimum Gasteiger partial charge on any atom is -0.391 e. The van der Waals surface area contributed by atoms with E-state index in [1.807, 2.05) is 13.8 Å². The second-order valence-corrected chi connectivity index (χ2v) is 6.01. The number of nitrogens with zero attached hydrogens (tertiary/aromatic N) is 1. The lowest BCUT2D eigenvalue weighted by molar-refractivity contribution is -0.148. The van der Waals surface area contributed by atoms with E-state index in [-0.39, 0.29) is 12.0 Å². The van der Waals surface area contributed by atoms with Crippen molar-refractivity contribution in [3.8, 4) is 0 Å². The molecule has 3 nitrogen and oxygen atoms in total. The van der Waals surface area contributed by atoms with Gasteiger partial charge < -0.3 is 10.0 Å². The lowest BCUT2D eigenvalue weighted by Gasteiger charge is -2.45. The zero-order valence-electron chi connectivity index (χ0n) is 12.2. The molecule has 0 aromatic heterocycles. The topological polar surface area (TPSA) is 40.5 Å². The van der Waals surface area contributed by atoms with Crippen LogP contribution in [0, 0.1) is 11.8 Å². The van der Waals surface area contributed by atoms with Gasteiger partial charge in [-0.2, -0.15) is 0 Å². The van der Waals surface area contributed by atoms with Gasteiger partial charge in [-0.15, -0.1) is 0 Å². The number of aliphatic hydroxyl groups excluding tert-OH is 1.